The van der Waals surface area contributed by atoms with Crippen LogP contribution in [0.15, 0.2) is 43.0 Å². The van der Waals surface area contributed by atoms with E-state index in [-0.39, 0.29) is 0 Å². The summed E-state index contributed by atoms with van der Waals surface area (Å²) in [5.74, 6) is 0.681. The van der Waals surface area contributed by atoms with Gasteiger partial charge in [-0.2, -0.15) is 5.10 Å². The van der Waals surface area contributed by atoms with Gasteiger partial charge in [0.15, 0.2) is 5.65 Å². The molecule has 0 saturated heterocycles. The summed E-state index contributed by atoms with van der Waals surface area (Å²) in [5, 5.41) is 12.8. The number of rotatable bonds is 4. The van der Waals surface area contributed by atoms with Gasteiger partial charge >= 0.3 is 0 Å². The molecular formula is C20H24N8. The fourth-order valence-corrected chi connectivity index (χ4v) is 4.06. The van der Waals surface area contributed by atoms with Crippen LogP contribution >= 0.6 is 0 Å². The smallest absolute Gasteiger partial charge is 0.241 e. The molecule has 0 radical (unpaired) electrons. The number of hydrogen-bond acceptors (Lipinski definition) is 6. The van der Waals surface area contributed by atoms with Crippen molar-refractivity contribution >= 4 is 17.1 Å². The van der Waals surface area contributed by atoms with E-state index in [1.54, 1.807) is 10.7 Å². The van der Waals surface area contributed by atoms with Gasteiger partial charge in [0.2, 0.25) is 5.95 Å². The molecule has 1 aliphatic carbocycles. The standard InChI is InChI=1S/C20H24N8/c1-26(2)15-5-3-14(4-6-15)23-20-22-13-18-16(9-11-27(18)25-20)17-7-8-19-21-10-12-28(19)24-17/h7-15H,3-6H2,1-2H3,(H,23,25)/t14-,15+. The Hall–Kier alpha value is -3.00. The highest BCUT2D eigenvalue weighted by Gasteiger charge is 2.23. The zero-order valence-corrected chi connectivity index (χ0v) is 16.2. The van der Waals surface area contributed by atoms with Crippen LogP contribution in [0.4, 0.5) is 5.95 Å². The molecule has 4 heterocycles. The Bertz CT molecular complexity index is 1100. The van der Waals surface area contributed by atoms with Crippen molar-refractivity contribution in [1.82, 2.24) is 34.1 Å². The summed E-state index contributed by atoms with van der Waals surface area (Å²) in [6.45, 7) is 0. The van der Waals surface area contributed by atoms with Gasteiger partial charge in [-0.1, -0.05) is 0 Å². The van der Waals surface area contributed by atoms with Gasteiger partial charge in [0, 0.05) is 36.2 Å². The third kappa shape index (κ3) is 3.09. The average Bonchev–Trinajstić information content (AvgIpc) is 3.34. The van der Waals surface area contributed by atoms with E-state index in [1.165, 1.54) is 12.8 Å². The van der Waals surface area contributed by atoms with E-state index >= 15 is 0 Å². The highest BCUT2D eigenvalue weighted by Crippen LogP contribution is 2.25. The lowest BCUT2D eigenvalue weighted by Gasteiger charge is -2.32. The van der Waals surface area contributed by atoms with Crippen molar-refractivity contribution in [2.75, 3.05) is 19.4 Å². The van der Waals surface area contributed by atoms with E-state index in [4.69, 9.17) is 0 Å². The van der Waals surface area contributed by atoms with Crippen molar-refractivity contribution in [2.45, 2.75) is 37.8 Å². The fourth-order valence-electron chi connectivity index (χ4n) is 4.06. The summed E-state index contributed by atoms with van der Waals surface area (Å²) < 4.78 is 3.65. The van der Waals surface area contributed by atoms with Crippen molar-refractivity contribution in [3.8, 4) is 11.3 Å². The van der Waals surface area contributed by atoms with Gasteiger partial charge < -0.3 is 10.2 Å². The molecule has 1 saturated carbocycles. The van der Waals surface area contributed by atoms with E-state index < -0.39 is 0 Å². The highest BCUT2D eigenvalue weighted by atomic mass is 15.3. The van der Waals surface area contributed by atoms with E-state index in [1.807, 2.05) is 41.3 Å². The quantitative estimate of drug-likeness (QED) is 0.590. The van der Waals surface area contributed by atoms with Crippen molar-refractivity contribution in [3.63, 3.8) is 0 Å². The van der Waals surface area contributed by atoms with Crippen molar-refractivity contribution < 1.29 is 0 Å². The largest absolute Gasteiger partial charge is 0.350 e. The molecule has 8 nitrogen and oxygen atoms in total. The summed E-state index contributed by atoms with van der Waals surface area (Å²) in [6, 6.07) is 7.10. The van der Waals surface area contributed by atoms with E-state index in [0.717, 1.165) is 35.3 Å². The summed E-state index contributed by atoms with van der Waals surface area (Å²) in [6.07, 6.45) is 12.1. The third-order valence-electron chi connectivity index (χ3n) is 5.71. The van der Waals surface area contributed by atoms with Gasteiger partial charge in [-0.05, 0) is 58.0 Å². The SMILES string of the molecule is CN(C)[C@H]1CC[C@@H](Nc2ncc3c(-c4ccc5nccn5n4)ccn3n2)CC1. The molecule has 0 atom stereocenters. The zero-order chi connectivity index (χ0) is 19.1. The molecule has 144 valence electrons. The Morgan fingerprint density at radius 1 is 0.964 bits per heavy atom. The fraction of sp³-hybridized carbons (Fsp3) is 0.400. The first-order valence-corrected chi connectivity index (χ1v) is 9.75. The number of anilines is 1. The van der Waals surface area contributed by atoms with Crippen LogP contribution in [0.3, 0.4) is 0 Å². The van der Waals surface area contributed by atoms with Crippen LogP contribution in [-0.2, 0) is 0 Å². The molecule has 0 bridgehead atoms. The normalized spacial score (nSPS) is 20.2. The van der Waals surface area contributed by atoms with E-state index in [0.29, 0.717) is 18.0 Å². The van der Waals surface area contributed by atoms with Crippen LogP contribution in [0.2, 0.25) is 0 Å². The molecule has 4 aromatic rings. The topological polar surface area (TPSA) is 75.6 Å². The van der Waals surface area contributed by atoms with Gasteiger partial charge in [0.1, 0.15) is 0 Å². The van der Waals surface area contributed by atoms with Crippen molar-refractivity contribution in [3.05, 3.63) is 43.0 Å². The summed E-state index contributed by atoms with van der Waals surface area (Å²) in [4.78, 5) is 11.1. The number of nitrogens with one attached hydrogen (secondary N) is 1. The second kappa shape index (κ2) is 6.87. The highest BCUT2D eigenvalue weighted by molar-refractivity contribution is 5.78. The minimum absolute atomic E-state index is 0.439. The second-order valence-corrected chi connectivity index (χ2v) is 7.70. The summed E-state index contributed by atoms with van der Waals surface area (Å²) in [7, 11) is 4.33. The van der Waals surface area contributed by atoms with Gasteiger partial charge in [-0.3, -0.25) is 0 Å². The molecule has 0 spiro atoms. The molecule has 5 rings (SSSR count). The van der Waals surface area contributed by atoms with Gasteiger partial charge in [-0.15, -0.1) is 5.10 Å². The first kappa shape index (κ1) is 17.1. The minimum atomic E-state index is 0.439. The maximum atomic E-state index is 4.66. The second-order valence-electron chi connectivity index (χ2n) is 7.70. The van der Waals surface area contributed by atoms with Gasteiger partial charge in [-0.25, -0.2) is 19.0 Å². The maximum Gasteiger partial charge on any atom is 0.241 e. The predicted octanol–water partition coefficient (Wildman–Crippen LogP) is 2.72. The number of aromatic nitrogens is 6. The third-order valence-corrected chi connectivity index (χ3v) is 5.71. The van der Waals surface area contributed by atoms with Crippen LogP contribution in [0.25, 0.3) is 22.4 Å². The van der Waals surface area contributed by atoms with Crippen LogP contribution < -0.4 is 5.32 Å². The molecule has 0 unspecified atom stereocenters. The molecule has 28 heavy (non-hydrogen) atoms. The monoisotopic (exact) mass is 376 g/mol. The summed E-state index contributed by atoms with van der Waals surface area (Å²) >= 11 is 0. The predicted molar refractivity (Wildman–Crippen MR) is 108 cm³/mol. The molecule has 0 aliphatic heterocycles. The lowest BCUT2D eigenvalue weighted by atomic mass is 9.91. The number of imidazole rings is 1. The molecule has 4 aromatic heterocycles. The number of hydrogen-bond donors (Lipinski definition) is 1. The molecule has 1 aliphatic rings. The minimum Gasteiger partial charge on any atom is -0.350 e. The molecule has 1 fully saturated rings. The van der Waals surface area contributed by atoms with Crippen LogP contribution in [-0.4, -0.2) is 60.3 Å². The Labute approximate surface area is 163 Å². The molecular weight excluding hydrogens is 352 g/mol. The Morgan fingerprint density at radius 2 is 1.82 bits per heavy atom. The van der Waals surface area contributed by atoms with Crippen molar-refractivity contribution in [2.24, 2.45) is 0 Å². The lowest BCUT2D eigenvalue weighted by molar-refractivity contribution is 0.221. The van der Waals surface area contributed by atoms with Gasteiger partial charge in [0.25, 0.3) is 0 Å². The molecule has 0 aromatic carbocycles. The Morgan fingerprint density at radius 3 is 2.64 bits per heavy atom. The van der Waals surface area contributed by atoms with Crippen LogP contribution in [0, 0.1) is 0 Å². The van der Waals surface area contributed by atoms with E-state index in [9.17, 15) is 0 Å². The number of nitrogens with zero attached hydrogens (tertiary/aromatic N) is 7. The Kier molecular flexibility index (Phi) is 4.20. The van der Waals surface area contributed by atoms with Gasteiger partial charge in [0.05, 0.1) is 17.4 Å². The molecule has 8 heteroatoms. The van der Waals surface area contributed by atoms with Crippen molar-refractivity contribution in [1.29, 1.82) is 0 Å². The first-order chi connectivity index (χ1) is 13.7. The Balaban J connectivity index is 1.36. The average molecular weight is 376 g/mol. The maximum absolute atomic E-state index is 4.66. The molecule has 0 amide bonds. The lowest BCUT2D eigenvalue weighted by Crippen LogP contribution is -2.36. The van der Waals surface area contributed by atoms with Crippen LogP contribution in [0.1, 0.15) is 25.7 Å². The number of fused-ring (bicyclic) bond motifs is 2. The first-order valence-electron chi connectivity index (χ1n) is 9.75. The zero-order valence-electron chi connectivity index (χ0n) is 16.2. The molecule has 1 N–H and O–H groups in total. The van der Waals surface area contributed by atoms with Crippen LogP contribution in [0.5, 0.6) is 0 Å². The summed E-state index contributed by atoms with van der Waals surface area (Å²) in [5.41, 5.74) is 3.65. The van der Waals surface area contributed by atoms with E-state index in [2.05, 4.69) is 44.5 Å².